The number of benzene rings is 3. The molecule has 0 radical (unpaired) electrons. The number of aromatic carboxylic acids is 1. The molecule has 1 aliphatic carbocycles. The molecule has 8 heteroatoms. The van der Waals surface area contributed by atoms with Crippen molar-refractivity contribution in [3.05, 3.63) is 114 Å². The molecule has 0 bridgehead atoms. The number of H-pyrrole nitrogens is 1. The number of carboxylic acids is 1. The van der Waals surface area contributed by atoms with Crippen LogP contribution in [-0.4, -0.2) is 36.5 Å². The Morgan fingerprint density at radius 3 is 2.70 bits per heavy atom. The number of aromatic nitrogens is 4. The SMILES string of the molecule is O=C(O)c1ccc2c(c1)ncn2-c1cccc2c1-c1ccccc1C2NC(=O)c1ccnc2[nH]ccc12. The fraction of sp³-hybridized carbons (Fsp3) is 0.0345. The molecule has 3 N–H and O–H groups in total. The molecular weight excluding hydrogens is 466 g/mol. The first-order valence-electron chi connectivity index (χ1n) is 11.8. The van der Waals surface area contributed by atoms with Gasteiger partial charge >= 0.3 is 5.97 Å². The summed E-state index contributed by atoms with van der Waals surface area (Å²) in [6, 6.07) is 22.2. The summed E-state index contributed by atoms with van der Waals surface area (Å²) in [5.41, 5.74) is 7.75. The van der Waals surface area contributed by atoms with E-state index in [1.807, 2.05) is 47.0 Å². The van der Waals surface area contributed by atoms with E-state index in [9.17, 15) is 14.7 Å². The minimum absolute atomic E-state index is 0.181. The van der Waals surface area contributed by atoms with E-state index in [-0.39, 0.29) is 17.5 Å². The number of carboxylic acid groups (broad SMARTS) is 1. The highest BCUT2D eigenvalue weighted by atomic mass is 16.4. The number of nitrogens with zero attached hydrogens (tertiary/aromatic N) is 3. The molecule has 1 amide bonds. The van der Waals surface area contributed by atoms with Crippen LogP contribution in [0.2, 0.25) is 0 Å². The molecule has 0 saturated carbocycles. The van der Waals surface area contributed by atoms with Gasteiger partial charge in [-0.25, -0.2) is 14.8 Å². The highest BCUT2D eigenvalue weighted by molar-refractivity contribution is 6.06. The van der Waals surface area contributed by atoms with E-state index in [1.165, 1.54) is 0 Å². The average molecular weight is 486 g/mol. The summed E-state index contributed by atoms with van der Waals surface area (Å²) < 4.78 is 1.97. The smallest absolute Gasteiger partial charge is 0.335 e. The Morgan fingerprint density at radius 2 is 1.81 bits per heavy atom. The molecule has 0 fully saturated rings. The van der Waals surface area contributed by atoms with Crippen LogP contribution in [0.1, 0.15) is 37.9 Å². The fourth-order valence-electron chi connectivity index (χ4n) is 5.30. The van der Waals surface area contributed by atoms with Crippen LogP contribution in [0.3, 0.4) is 0 Å². The molecule has 0 aliphatic heterocycles. The van der Waals surface area contributed by atoms with Crippen molar-refractivity contribution in [2.24, 2.45) is 0 Å². The summed E-state index contributed by atoms with van der Waals surface area (Å²) in [7, 11) is 0. The lowest BCUT2D eigenvalue weighted by Crippen LogP contribution is -2.28. The van der Waals surface area contributed by atoms with Crippen LogP contribution >= 0.6 is 0 Å². The number of nitrogens with one attached hydrogen (secondary N) is 2. The summed E-state index contributed by atoms with van der Waals surface area (Å²) in [4.78, 5) is 36.7. The Balaban J connectivity index is 1.36. The molecule has 3 aromatic heterocycles. The number of imidazole rings is 1. The van der Waals surface area contributed by atoms with Crippen molar-refractivity contribution in [1.29, 1.82) is 0 Å². The zero-order chi connectivity index (χ0) is 25.1. The first kappa shape index (κ1) is 21.1. The minimum atomic E-state index is -0.990. The van der Waals surface area contributed by atoms with Crippen molar-refractivity contribution in [1.82, 2.24) is 24.8 Å². The fourth-order valence-corrected chi connectivity index (χ4v) is 5.30. The number of rotatable bonds is 4. The van der Waals surface area contributed by atoms with Crippen molar-refractivity contribution in [2.45, 2.75) is 6.04 Å². The first-order valence-corrected chi connectivity index (χ1v) is 11.8. The van der Waals surface area contributed by atoms with Crippen LogP contribution in [-0.2, 0) is 0 Å². The Hall–Kier alpha value is -5.24. The third-order valence-electron chi connectivity index (χ3n) is 6.96. The lowest BCUT2D eigenvalue weighted by molar-refractivity contribution is 0.0696. The van der Waals surface area contributed by atoms with Gasteiger partial charge < -0.3 is 15.4 Å². The molecule has 7 rings (SSSR count). The molecule has 0 saturated heterocycles. The molecule has 1 atom stereocenters. The summed E-state index contributed by atoms with van der Waals surface area (Å²) in [5.74, 6) is -1.17. The monoisotopic (exact) mass is 485 g/mol. The molecule has 3 aromatic carbocycles. The number of hydrogen-bond donors (Lipinski definition) is 3. The van der Waals surface area contributed by atoms with E-state index in [2.05, 4.69) is 26.3 Å². The van der Waals surface area contributed by atoms with Gasteiger partial charge in [0.25, 0.3) is 5.91 Å². The van der Waals surface area contributed by atoms with Crippen molar-refractivity contribution in [2.75, 3.05) is 0 Å². The molecule has 6 aromatic rings. The van der Waals surface area contributed by atoms with Gasteiger partial charge in [0, 0.05) is 23.3 Å². The highest BCUT2D eigenvalue weighted by Gasteiger charge is 2.32. The van der Waals surface area contributed by atoms with Crippen molar-refractivity contribution >= 4 is 33.9 Å². The van der Waals surface area contributed by atoms with Crippen LogP contribution < -0.4 is 5.32 Å². The molecule has 3 heterocycles. The number of fused-ring (bicyclic) bond motifs is 5. The van der Waals surface area contributed by atoms with E-state index in [4.69, 9.17) is 0 Å². The Kier molecular flexibility index (Phi) is 4.49. The minimum Gasteiger partial charge on any atom is -0.478 e. The second-order valence-electron chi connectivity index (χ2n) is 8.96. The van der Waals surface area contributed by atoms with Crippen molar-refractivity contribution in [3.63, 3.8) is 0 Å². The van der Waals surface area contributed by atoms with Crippen LogP contribution in [0.25, 0.3) is 38.9 Å². The summed E-state index contributed by atoms with van der Waals surface area (Å²) in [6.45, 7) is 0. The lowest BCUT2D eigenvalue weighted by Gasteiger charge is -2.17. The zero-order valence-corrected chi connectivity index (χ0v) is 19.3. The summed E-state index contributed by atoms with van der Waals surface area (Å²) >= 11 is 0. The van der Waals surface area contributed by atoms with Crippen LogP contribution in [0.5, 0.6) is 0 Å². The van der Waals surface area contributed by atoms with Gasteiger partial charge in [0.15, 0.2) is 0 Å². The molecule has 1 unspecified atom stereocenters. The van der Waals surface area contributed by atoms with Gasteiger partial charge in [0.05, 0.1) is 33.9 Å². The lowest BCUT2D eigenvalue weighted by atomic mass is 10.0. The largest absolute Gasteiger partial charge is 0.478 e. The van der Waals surface area contributed by atoms with Gasteiger partial charge in [-0.3, -0.25) is 9.36 Å². The number of amides is 1. The van der Waals surface area contributed by atoms with Gasteiger partial charge in [-0.2, -0.15) is 0 Å². The first-order chi connectivity index (χ1) is 18.1. The van der Waals surface area contributed by atoms with Gasteiger partial charge in [0.2, 0.25) is 0 Å². The molecular formula is C29H19N5O3. The van der Waals surface area contributed by atoms with Crippen LogP contribution in [0.4, 0.5) is 0 Å². The summed E-state index contributed by atoms with van der Waals surface area (Å²) in [5, 5.41) is 13.4. The van der Waals surface area contributed by atoms with E-state index >= 15 is 0 Å². The third-order valence-corrected chi connectivity index (χ3v) is 6.96. The van der Waals surface area contributed by atoms with Crippen molar-refractivity contribution < 1.29 is 14.7 Å². The predicted molar refractivity (Wildman–Crippen MR) is 139 cm³/mol. The molecule has 8 nitrogen and oxygen atoms in total. The molecule has 178 valence electrons. The number of hydrogen-bond acceptors (Lipinski definition) is 4. The van der Waals surface area contributed by atoms with Crippen LogP contribution in [0.15, 0.2) is 91.5 Å². The summed E-state index contributed by atoms with van der Waals surface area (Å²) in [6.07, 6.45) is 5.11. The Bertz CT molecular complexity index is 1880. The van der Waals surface area contributed by atoms with Gasteiger partial charge in [-0.05, 0) is 53.1 Å². The number of aromatic amines is 1. The molecule has 0 spiro atoms. The Morgan fingerprint density at radius 1 is 0.946 bits per heavy atom. The zero-order valence-electron chi connectivity index (χ0n) is 19.3. The van der Waals surface area contributed by atoms with Gasteiger partial charge in [0.1, 0.15) is 12.0 Å². The molecule has 37 heavy (non-hydrogen) atoms. The maximum Gasteiger partial charge on any atom is 0.335 e. The van der Waals surface area contributed by atoms with Gasteiger partial charge in [-0.15, -0.1) is 0 Å². The maximum atomic E-state index is 13.5. The third kappa shape index (κ3) is 3.16. The Labute approximate surface area is 210 Å². The predicted octanol–water partition coefficient (Wildman–Crippen LogP) is 5.10. The average Bonchev–Trinajstić information content (AvgIpc) is 3.64. The topological polar surface area (TPSA) is 113 Å². The standard InChI is InChI=1S/C29H19N5O3/c35-28(20-11-13-31-27-19(20)10-12-30-27)33-26-18-5-2-1-4-17(18)25-21(26)6-3-7-24(25)34-15-32-22-14-16(29(36)37)8-9-23(22)34/h1-15,26H,(H,30,31)(H,33,35)(H,36,37). The maximum absolute atomic E-state index is 13.5. The van der Waals surface area contributed by atoms with E-state index in [0.717, 1.165) is 38.8 Å². The van der Waals surface area contributed by atoms with E-state index in [0.29, 0.717) is 16.7 Å². The quantitative estimate of drug-likeness (QED) is 0.322. The second kappa shape index (κ2) is 7.89. The number of pyridine rings is 1. The molecule has 1 aliphatic rings. The normalized spacial score (nSPS) is 14.0. The van der Waals surface area contributed by atoms with E-state index < -0.39 is 5.97 Å². The second-order valence-corrected chi connectivity index (χ2v) is 8.96. The highest BCUT2D eigenvalue weighted by Crippen LogP contribution is 2.46. The van der Waals surface area contributed by atoms with Crippen molar-refractivity contribution in [3.8, 4) is 16.8 Å². The van der Waals surface area contributed by atoms with Gasteiger partial charge in [-0.1, -0.05) is 36.4 Å². The van der Waals surface area contributed by atoms with Crippen LogP contribution in [0, 0.1) is 0 Å². The number of carbonyl (C=O) groups excluding carboxylic acids is 1. The van der Waals surface area contributed by atoms with E-state index in [1.54, 1.807) is 43.0 Å². The number of carbonyl (C=O) groups is 2.